The van der Waals surface area contributed by atoms with Gasteiger partial charge in [-0.05, 0) is 43.6 Å². The lowest BCUT2D eigenvalue weighted by Crippen LogP contribution is -2.22. The Morgan fingerprint density at radius 3 is 2.59 bits per heavy atom. The highest BCUT2D eigenvalue weighted by atomic mass is 35.5. The van der Waals surface area contributed by atoms with Crippen molar-refractivity contribution in [3.63, 3.8) is 0 Å². The van der Waals surface area contributed by atoms with Gasteiger partial charge in [0.1, 0.15) is 0 Å². The van der Waals surface area contributed by atoms with Crippen LogP contribution in [0, 0.1) is 18.8 Å². The van der Waals surface area contributed by atoms with Crippen molar-refractivity contribution in [3.8, 4) is 0 Å². The van der Waals surface area contributed by atoms with Gasteiger partial charge in [-0.2, -0.15) is 0 Å². The van der Waals surface area contributed by atoms with Gasteiger partial charge in [-0.3, -0.25) is 0 Å². The Kier molecular flexibility index (Phi) is 4.50. The summed E-state index contributed by atoms with van der Waals surface area (Å²) in [5.74, 6) is 1.64. The van der Waals surface area contributed by atoms with Gasteiger partial charge in [0.25, 0.3) is 0 Å². The number of aryl methyl sites for hydroxylation is 1. The molecular weight excluding hydrogens is 228 g/mol. The largest absolute Gasteiger partial charge is 0.122 e. The fourth-order valence-corrected chi connectivity index (χ4v) is 3.31. The predicted molar refractivity (Wildman–Crippen MR) is 75.6 cm³/mol. The molecule has 2 rings (SSSR count). The molecule has 0 amide bonds. The first kappa shape index (κ1) is 13.0. The molecule has 1 atom stereocenters. The van der Waals surface area contributed by atoms with E-state index in [9.17, 15) is 0 Å². The molecule has 1 unspecified atom stereocenters. The summed E-state index contributed by atoms with van der Waals surface area (Å²) in [6.45, 7) is 4.51. The lowest BCUT2D eigenvalue weighted by Gasteiger charge is -2.29. The summed E-state index contributed by atoms with van der Waals surface area (Å²) >= 11 is 6.59. The van der Waals surface area contributed by atoms with E-state index in [-0.39, 0.29) is 0 Å². The normalized spacial score (nSPS) is 26.8. The van der Waals surface area contributed by atoms with Crippen LogP contribution in [-0.2, 0) is 6.42 Å². The summed E-state index contributed by atoms with van der Waals surface area (Å²) in [6, 6.07) is 8.75. The van der Waals surface area contributed by atoms with E-state index in [0.29, 0.717) is 5.38 Å². The maximum atomic E-state index is 6.59. The summed E-state index contributed by atoms with van der Waals surface area (Å²) in [7, 11) is 0. The van der Waals surface area contributed by atoms with E-state index in [4.69, 9.17) is 11.6 Å². The molecule has 1 fully saturated rings. The monoisotopic (exact) mass is 250 g/mol. The number of halogens is 1. The van der Waals surface area contributed by atoms with Gasteiger partial charge in [0.15, 0.2) is 0 Å². The molecule has 1 heteroatoms. The molecule has 94 valence electrons. The maximum Gasteiger partial charge on any atom is 0.0404 e. The predicted octanol–water partition coefficient (Wildman–Crippen LogP) is 4.97. The van der Waals surface area contributed by atoms with Crippen LogP contribution in [0.15, 0.2) is 24.3 Å². The van der Waals surface area contributed by atoms with Gasteiger partial charge in [-0.25, -0.2) is 0 Å². The second kappa shape index (κ2) is 5.91. The van der Waals surface area contributed by atoms with Gasteiger partial charge < -0.3 is 0 Å². The van der Waals surface area contributed by atoms with Crippen molar-refractivity contribution in [3.05, 3.63) is 35.4 Å². The maximum absolute atomic E-state index is 6.59. The van der Waals surface area contributed by atoms with E-state index in [1.807, 2.05) is 0 Å². The van der Waals surface area contributed by atoms with Gasteiger partial charge in [-0.1, -0.05) is 49.6 Å². The van der Waals surface area contributed by atoms with E-state index in [1.54, 1.807) is 0 Å². The minimum Gasteiger partial charge on any atom is -0.122 e. The van der Waals surface area contributed by atoms with Crippen molar-refractivity contribution in [1.82, 2.24) is 0 Å². The van der Waals surface area contributed by atoms with Gasteiger partial charge in [0.2, 0.25) is 0 Å². The minimum atomic E-state index is 0.323. The van der Waals surface area contributed by atoms with E-state index >= 15 is 0 Å². The first-order valence-corrected chi connectivity index (χ1v) is 7.28. The fourth-order valence-electron chi connectivity index (χ4n) is 2.88. The number of alkyl halides is 1. The number of rotatable bonds is 3. The van der Waals surface area contributed by atoms with Crippen molar-refractivity contribution in [2.75, 3.05) is 0 Å². The Morgan fingerprint density at radius 2 is 1.94 bits per heavy atom. The third-order valence-corrected chi connectivity index (χ3v) is 4.60. The van der Waals surface area contributed by atoms with Gasteiger partial charge in [0.05, 0.1) is 0 Å². The Hall–Kier alpha value is -0.490. The molecule has 0 saturated heterocycles. The first-order chi connectivity index (χ1) is 8.15. The minimum absolute atomic E-state index is 0.323. The highest BCUT2D eigenvalue weighted by Crippen LogP contribution is 2.33. The molecule has 0 nitrogen and oxygen atoms in total. The van der Waals surface area contributed by atoms with Crippen LogP contribution in [0.2, 0.25) is 0 Å². The molecular formula is C16H23Cl. The van der Waals surface area contributed by atoms with Gasteiger partial charge >= 0.3 is 0 Å². The average Bonchev–Trinajstić information content (AvgIpc) is 2.29. The molecule has 0 bridgehead atoms. The summed E-state index contributed by atoms with van der Waals surface area (Å²) in [4.78, 5) is 0. The van der Waals surface area contributed by atoms with Crippen LogP contribution in [0.1, 0.15) is 43.7 Å². The fraction of sp³-hybridized carbons (Fsp3) is 0.625. The quantitative estimate of drug-likeness (QED) is 0.665. The zero-order valence-electron chi connectivity index (χ0n) is 11.0. The van der Waals surface area contributed by atoms with Crippen molar-refractivity contribution in [1.29, 1.82) is 0 Å². The lowest BCUT2D eigenvalue weighted by atomic mass is 9.80. The highest BCUT2D eigenvalue weighted by Gasteiger charge is 2.24. The molecule has 0 N–H and O–H groups in total. The van der Waals surface area contributed by atoms with Crippen molar-refractivity contribution < 1.29 is 0 Å². The zero-order valence-corrected chi connectivity index (χ0v) is 11.7. The Morgan fingerprint density at radius 1 is 1.24 bits per heavy atom. The van der Waals surface area contributed by atoms with Crippen LogP contribution >= 0.6 is 11.6 Å². The molecule has 0 aliphatic heterocycles. The van der Waals surface area contributed by atoms with Crippen LogP contribution in [-0.4, -0.2) is 5.38 Å². The van der Waals surface area contributed by atoms with Crippen molar-refractivity contribution in [2.24, 2.45) is 11.8 Å². The zero-order chi connectivity index (χ0) is 12.3. The third kappa shape index (κ3) is 3.74. The van der Waals surface area contributed by atoms with E-state index < -0.39 is 0 Å². The first-order valence-electron chi connectivity index (χ1n) is 6.85. The van der Waals surface area contributed by atoms with Crippen LogP contribution in [0.4, 0.5) is 0 Å². The molecule has 0 aromatic heterocycles. The third-order valence-electron chi connectivity index (χ3n) is 4.09. The average molecular weight is 251 g/mol. The van der Waals surface area contributed by atoms with Crippen LogP contribution < -0.4 is 0 Å². The Balaban J connectivity index is 1.90. The summed E-state index contributed by atoms with van der Waals surface area (Å²) in [6.07, 6.45) is 6.40. The van der Waals surface area contributed by atoms with E-state index in [1.165, 1.54) is 36.8 Å². The summed E-state index contributed by atoms with van der Waals surface area (Å²) in [5, 5.41) is 0.323. The second-order valence-corrected chi connectivity index (χ2v) is 6.29. The molecule has 1 aliphatic carbocycles. The van der Waals surface area contributed by atoms with Gasteiger partial charge in [0, 0.05) is 5.38 Å². The van der Waals surface area contributed by atoms with E-state index in [2.05, 4.69) is 38.1 Å². The molecule has 1 aliphatic rings. The smallest absolute Gasteiger partial charge is 0.0404 e. The summed E-state index contributed by atoms with van der Waals surface area (Å²) in [5.41, 5.74) is 2.73. The lowest BCUT2D eigenvalue weighted by molar-refractivity contribution is 0.281. The topological polar surface area (TPSA) is 0 Å². The van der Waals surface area contributed by atoms with Crippen LogP contribution in [0.3, 0.4) is 0 Å². The van der Waals surface area contributed by atoms with E-state index in [0.717, 1.165) is 18.3 Å². The highest BCUT2D eigenvalue weighted by molar-refractivity contribution is 6.20. The number of benzene rings is 1. The standard InChI is InChI=1S/C16H23Cl/c1-12-6-8-15(9-7-12)16(17)11-14-5-3-4-13(2)10-14/h3-5,10,12,15-16H,6-9,11H2,1-2H3. The molecule has 17 heavy (non-hydrogen) atoms. The molecule has 1 aromatic carbocycles. The summed E-state index contributed by atoms with van der Waals surface area (Å²) < 4.78 is 0. The Bertz CT molecular complexity index is 350. The molecule has 1 aromatic rings. The molecule has 0 radical (unpaired) electrons. The number of hydrogen-bond donors (Lipinski definition) is 0. The van der Waals surface area contributed by atoms with Crippen LogP contribution in [0.5, 0.6) is 0 Å². The second-order valence-electron chi connectivity index (χ2n) is 5.73. The number of hydrogen-bond acceptors (Lipinski definition) is 0. The van der Waals surface area contributed by atoms with Crippen LogP contribution in [0.25, 0.3) is 0 Å². The van der Waals surface area contributed by atoms with Crippen molar-refractivity contribution in [2.45, 2.75) is 51.3 Å². The Labute approximate surface area is 110 Å². The molecule has 0 heterocycles. The molecule has 1 saturated carbocycles. The molecule has 0 spiro atoms. The SMILES string of the molecule is Cc1cccc(CC(Cl)C2CCC(C)CC2)c1. The van der Waals surface area contributed by atoms with Gasteiger partial charge in [-0.15, -0.1) is 11.6 Å². The van der Waals surface area contributed by atoms with Crippen molar-refractivity contribution >= 4 is 11.6 Å².